The predicted molar refractivity (Wildman–Crippen MR) is 70.5 cm³/mol. The zero-order chi connectivity index (χ0) is 13.2. The highest BCUT2D eigenvalue weighted by Crippen LogP contribution is 2.24. The van der Waals surface area contributed by atoms with Crippen molar-refractivity contribution < 1.29 is 0 Å². The fourth-order valence-electron chi connectivity index (χ4n) is 1.66. The maximum absolute atomic E-state index is 6.00. The minimum atomic E-state index is 0.424. The van der Waals surface area contributed by atoms with Crippen LogP contribution in [-0.2, 0) is 6.54 Å². The summed E-state index contributed by atoms with van der Waals surface area (Å²) in [6, 6.07) is 5.28. The average molecular weight is 295 g/mol. The molecule has 0 bridgehead atoms. The molecule has 0 fully saturated rings. The summed E-state index contributed by atoms with van der Waals surface area (Å²) in [5, 5.41) is 13.2. The summed E-state index contributed by atoms with van der Waals surface area (Å²) in [5.41, 5.74) is 0.786. The molecule has 2 heterocycles. The van der Waals surface area contributed by atoms with Crippen LogP contribution in [0, 0.1) is 0 Å². The molecule has 2 aromatic heterocycles. The molecule has 0 N–H and O–H groups in total. The molecule has 3 aromatic rings. The summed E-state index contributed by atoms with van der Waals surface area (Å²) in [5.74, 6) is 0.703. The molecular formula is C11H8Cl2N6. The molecule has 0 spiro atoms. The smallest absolute Gasteiger partial charge is 0.155 e. The van der Waals surface area contributed by atoms with Gasteiger partial charge in [-0.25, -0.2) is 9.67 Å². The van der Waals surface area contributed by atoms with E-state index in [0.717, 1.165) is 5.69 Å². The van der Waals surface area contributed by atoms with Crippen LogP contribution in [0.4, 0.5) is 0 Å². The third kappa shape index (κ3) is 2.45. The summed E-state index contributed by atoms with van der Waals surface area (Å²) < 4.78 is 1.67. The van der Waals surface area contributed by atoms with Gasteiger partial charge < -0.3 is 0 Å². The molecule has 96 valence electrons. The van der Waals surface area contributed by atoms with E-state index in [0.29, 0.717) is 22.4 Å². The first kappa shape index (κ1) is 12.1. The van der Waals surface area contributed by atoms with Crippen molar-refractivity contribution in [2.45, 2.75) is 6.54 Å². The maximum atomic E-state index is 6.00. The van der Waals surface area contributed by atoms with Gasteiger partial charge in [0, 0.05) is 0 Å². The van der Waals surface area contributed by atoms with E-state index < -0.39 is 0 Å². The maximum Gasteiger partial charge on any atom is 0.155 e. The largest absolute Gasteiger partial charge is 0.217 e. The van der Waals surface area contributed by atoms with Crippen LogP contribution in [-0.4, -0.2) is 29.8 Å². The Hall–Kier alpha value is -1.92. The SMILES string of the molecule is Clc1ccc(-n2ncnc2Cn2nccn2)cc1Cl. The van der Waals surface area contributed by atoms with Gasteiger partial charge in [-0.3, -0.25) is 0 Å². The van der Waals surface area contributed by atoms with Gasteiger partial charge in [0.2, 0.25) is 0 Å². The van der Waals surface area contributed by atoms with Crippen molar-refractivity contribution in [2.24, 2.45) is 0 Å². The Morgan fingerprint density at radius 1 is 1.00 bits per heavy atom. The molecular weight excluding hydrogens is 287 g/mol. The highest BCUT2D eigenvalue weighted by Gasteiger charge is 2.09. The van der Waals surface area contributed by atoms with Gasteiger partial charge in [0.25, 0.3) is 0 Å². The number of rotatable bonds is 3. The lowest BCUT2D eigenvalue weighted by Gasteiger charge is -2.06. The standard InChI is InChI=1S/C11H8Cl2N6/c12-9-2-1-8(5-10(9)13)19-11(14-7-17-19)6-18-15-3-4-16-18/h1-5,7H,6H2. The minimum absolute atomic E-state index is 0.424. The first-order valence-electron chi connectivity index (χ1n) is 5.42. The fraction of sp³-hybridized carbons (Fsp3) is 0.0909. The lowest BCUT2D eigenvalue weighted by molar-refractivity contribution is 0.560. The van der Waals surface area contributed by atoms with Crippen LogP contribution in [0.3, 0.4) is 0 Å². The van der Waals surface area contributed by atoms with Crippen molar-refractivity contribution in [1.82, 2.24) is 29.8 Å². The first-order chi connectivity index (χ1) is 9.24. The molecule has 8 heteroatoms. The number of benzene rings is 1. The van der Waals surface area contributed by atoms with E-state index in [-0.39, 0.29) is 0 Å². The lowest BCUT2D eigenvalue weighted by atomic mass is 10.3. The van der Waals surface area contributed by atoms with E-state index in [2.05, 4.69) is 20.3 Å². The quantitative estimate of drug-likeness (QED) is 0.743. The highest BCUT2D eigenvalue weighted by molar-refractivity contribution is 6.42. The van der Waals surface area contributed by atoms with Crippen LogP contribution in [0.5, 0.6) is 0 Å². The second-order valence-electron chi connectivity index (χ2n) is 3.75. The molecule has 0 unspecified atom stereocenters. The predicted octanol–water partition coefficient (Wildman–Crippen LogP) is 2.21. The normalized spacial score (nSPS) is 10.8. The third-order valence-corrected chi connectivity index (χ3v) is 3.25. The zero-order valence-corrected chi connectivity index (χ0v) is 11.1. The number of halogens is 2. The monoisotopic (exact) mass is 294 g/mol. The Balaban J connectivity index is 1.97. The Bertz CT molecular complexity index is 691. The number of hydrogen-bond donors (Lipinski definition) is 0. The Kier molecular flexibility index (Phi) is 3.18. The van der Waals surface area contributed by atoms with Crippen molar-refractivity contribution in [2.75, 3.05) is 0 Å². The first-order valence-corrected chi connectivity index (χ1v) is 6.18. The molecule has 0 atom stereocenters. The Morgan fingerprint density at radius 2 is 1.79 bits per heavy atom. The van der Waals surface area contributed by atoms with Crippen LogP contribution in [0.1, 0.15) is 5.82 Å². The minimum Gasteiger partial charge on any atom is -0.217 e. The topological polar surface area (TPSA) is 61.4 Å². The molecule has 0 aliphatic rings. The summed E-state index contributed by atoms with van der Waals surface area (Å²) in [7, 11) is 0. The van der Waals surface area contributed by atoms with E-state index in [1.165, 1.54) is 11.1 Å². The molecule has 3 rings (SSSR count). The summed E-state index contributed by atoms with van der Waals surface area (Å²) >= 11 is 11.9. The fourth-order valence-corrected chi connectivity index (χ4v) is 1.95. The van der Waals surface area contributed by atoms with Crippen molar-refractivity contribution in [1.29, 1.82) is 0 Å². The van der Waals surface area contributed by atoms with Gasteiger partial charge in [0.1, 0.15) is 12.9 Å². The van der Waals surface area contributed by atoms with Crippen molar-refractivity contribution >= 4 is 23.2 Å². The summed E-state index contributed by atoms with van der Waals surface area (Å²) in [6.07, 6.45) is 4.70. The van der Waals surface area contributed by atoms with Crippen molar-refractivity contribution in [3.8, 4) is 5.69 Å². The molecule has 0 aliphatic heterocycles. The van der Waals surface area contributed by atoms with E-state index in [1.807, 2.05) is 6.07 Å². The Labute approximate surface area is 118 Å². The molecule has 19 heavy (non-hydrogen) atoms. The van der Waals surface area contributed by atoms with Gasteiger partial charge in [-0.2, -0.15) is 20.1 Å². The molecule has 0 aliphatic carbocycles. The highest BCUT2D eigenvalue weighted by atomic mass is 35.5. The van der Waals surface area contributed by atoms with Gasteiger partial charge in [-0.15, -0.1) is 0 Å². The van der Waals surface area contributed by atoms with Gasteiger partial charge >= 0.3 is 0 Å². The molecule has 0 amide bonds. The van der Waals surface area contributed by atoms with Crippen LogP contribution < -0.4 is 0 Å². The molecule has 0 saturated heterocycles. The molecule has 0 radical (unpaired) electrons. The van der Waals surface area contributed by atoms with E-state index in [4.69, 9.17) is 23.2 Å². The van der Waals surface area contributed by atoms with Crippen LogP contribution in [0.25, 0.3) is 5.69 Å². The molecule has 0 saturated carbocycles. The van der Waals surface area contributed by atoms with Crippen LogP contribution in [0.2, 0.25) is 10.0 Å². The average Bonchev–Trinajstić information content (AvgIpc) is 3.05. The molecule has 6 nitrogen and oxygen atoms in total. The van der Waals surface area contributed by atoms with Crippen LogP contribution >= 0.6 is 23.2 Å². The second kappa shape index (κ2) is 4.99. The summed E-state index contributed by atoms with van der Waals surface area (Å²) in [6.45, 7) is 0.424. The molecule has 1 aromatic carbocycles. The lowest BCUT2D eigenvalue weighted by Crippen LogP contribution is -2.10. The number of hydrogen-bond acceptors (Lipinski definition) is 4. The van der Waals surface area contributed by atoms with E-state index >= 15 is 0 Å². The van der Waals surface area contributed by atoms with Crippen molar-refractivity contribution in [3.05, 3.63) is 52.8 Å². The van der Waals surface area contributed by atoms with Crippen LogP contribution in [0.15, 0.2) is 36.9 Å². The second-order valence-corrected chi connectivity index (χ2v) is 4.56. The Morgan fingerprint density at radius 3 is 2.53 bits per heavy atom. The number of nitrogens with zero attached hydrogens (tertiary/aromatic N) is 6. The van der Waals surface area contributed by atoms with Gasteiger partial charge in [-0.1, -0.05) is 23.2 Å². The van der Waals surface area contributed by atoms with Gasteiger partial charge in [-0.05, 0) is 18.2 Å². The van der Waals surface area contributed by atoms with Crippen molar-refractivity contribution in [3.63, 3.8) is 0 Å². The zero-order valence-electron chi connectivity index (χ0n) is 9.61. The summed E-state index contributed by atoms with van der Waals surface area (Å²) in [4.78, 5) is 5.72. The third-order valence-electron chi connectivity index (χ3n) is 2.52. The van der Waals surface area contributed by atoms with Gasteiger partial charge in [0.15, 0.2) is 5.82 Å². The number of aromatic nitrogens is 6. The van der Waals surface area contributed by atoms with E-state index in [1.54, 1.807) is 29.2 Å². The van der Waals surface area contributed by atoms with E-state index in [9.17, 15) is 0 Å². The van der Waals surface area contributed by atoms with Gasteiger partial charge in [0.05, 0.1) is 28.1 Å².